The molecule has 1 aliphatic rings. The van der Waals surface area contributed by atoms with Crippen molar-refractivity contribution in [2.75, 3.05) is 0 Å². The van der Waals surface area contributed by atoms with Crippen molar-refractivity contribution < 1.29 is 28.5 Å². The average Bonchev–Trinajstić information content (AvgIpc) is 3.22. The van der Waals surface area contributed by atoms with Gasteiger partial charge >= 0.3 is 13.1 Å². The van der Waals surface area contributed by atoms with Crippen LogP contribution < -0.4 is 16.0 Å². The van der Waals surface area contributed by atoms with Crippen molar-refractivity contribution in [1.82, 2.24) is 25.9 Å². The van der Waals surface area contributed by atoms with Crippen molar-refractivity contribution in [2.45, 2.75) is 77.5 Å². The van der Waals surface area contributed by atoms with Crippen LogP contribution in [0.5, 0.6) is 0 Å². The molecule has 3 amide bonds. The summed E-state index contributed by atoms with van der Waals surface area (Å²) in [7, 11) is -1.08. The molecule has 1 saturated heterocycles. The maximum absolute atomic E-state index is 13.5. The minimum Gasteiger partial charge on any atom is -0.506 e. The van der Waals surface area contributed by atoms with E-state index in [0.29, 0.717) is 6.42 Å². The highest BCUT2D eigenvalue weighted by Gasteiger charge is 2.47. The molecular weight excluding hydrogens is 501 g/mol. The number of hydrogen-bond donors (Lipinski definition) is 3. The van der Waals surface area contributed by atoms with Crippen LogP contribution in [0.25, 0.3) is 0 Å². The molecule has 1 aliphatic heterocycles. The lowest BCUT2D eigenvalue weighted by atomic mass is 9.74. The van der Waals surface area contributed by atoms with E-state index in [1.165, 1.54) is 18.6 Å². The number of benzene rings is 1. The molecule has 1 aromatic heterocycles. The van der Waals surface area contributed by atoms with Crippen LogP contribution in [0.4, 0.5) is 0 Å². The summed E-state index contributed by atoms with van der Waals surface area (Å²) in [5.74, 6) is -2.62. The normalized spacial score (nSPS) is 16.8. The van der Waals surface area contributed by atoms with Crippen molar-refractivity contribution in [3.8, 4) is 0 Å². The van der Waals surface area contributed by atoms with Crippen LogP contribution in [-0.2, 0) is 30.1 Å². The van der Waals surface area contributed by atoms with Gasteiger partial charge in [-0.1, -0.05) is 44.2 Å². The van der Waals surface area contributed by atoms with Crippen LogP contribution in [0.1, 0.15) is 63.5 Å². The molecule has 3 atom stereocenters. The molecular formula is C27H36BN5O6. The lowest BCUT2D eigenvalue weighted by Crippen LogP contribution is -2.55. The van der Waals surface area contributed by atoms with Gasteiger partial charge in [-0.05, 0) is 38.7 Å². The fraction of sp³-hybridized carbons (Fsp3) is 0.481. The number of hydrogen-bond acceptors (Lipinski definition) is 8. The Morgan fingerprint density at radius 2 is 1.79 bits per heavy atom. The molecule has 1 fully saturated rings. The summed E-state index contributed by atoms with van der Waals surface area (Å²) in [6.07, 6.45) is 3.53. The third kappa shape index (κ3) is 9.47. The molecule has 0 bridgehead atoms. The van der Waals surface area contributed by atoms with E-state index in [0.717, 1.165) is 5.56 Å². The molecule has 2 aromatic rings. The summed E-state index contributed by atoms with van der Waals surface area (Å²) in [5, 5.41) is 8.45. The lowest BCUT2D eigenvalue weighted by molar-refractivity contribution is -0.139. The largest absolute Gasteiger partial charge is 0.552 e. The Labute approximate surface area is 229 Å². The van der Waals surface area contributed by atoms with Crippen LogP contribution in [0.15, 0.2) is 48.9 Å². The Hall–Kier alpha value is -3.80. The molecule has 2 heterocycles. The van der Waals surface area contributed by atoms with Gasteiger partial charge < -0.3 is 25.3 Å². The SMILES string of the molecule is CC(C)C[C@H](NC(=O)[C@H](Cc1ccccc1)NC(=O)c1cnccn1)B1OC(=O)[C@@H](CC(=O)NC(C)(C)C)O1. The van der Waals surface area contributed by atoms with Gasteiger partial charge in [-0.3, -0.25) is 24.2 Å². The van der Waals surface area contributed by atoms with Gasteiger partial charge in [0.15, 0.2) is 0 Å². The zero-order valence-corrected chi connectivity index (χ0v) is 23.0. The Bertz CT molecular complexity index is 1140. The molecule has 0 spiro atoms. The standard InChI is InChI=1S/C27H36BN5O6/c1-17(2)13-22(28-38-21(26(37)39-28)15-23(34)33-27(3,4)5)32-24(35)19(14-18-9-7-6-8-10-18)31-25(36)20-16-29-11-12-30-20/h6-12,16-17,19,21-22H,13-15H2,1-5H3,(H,31,36)(H,32,35)(H,33,34)/t19-,21+,22-/m0/s1. The van der Waals surface area contributed by atoms with Crippen LogP contribution >= 0.6 is 0 Å². The first-order chi connectivity index (χ1) is 18.4. The fourth-order valence-electron chi connectivity index (χ4n) is 4.12. The monoisotopic (exact) mass is 537 g/mol. The highest BCUT2D eigenvalue weighted by atomic mass is 16.7. The van der Waals surface area contributed by atoms with Crippen molar-refractivity contribution in [3.63, 3.8) is 0 Å². The quantitative estimate of drug-likeness (QED) is 0.367. The van der Waals surface area contributed by atoms with E-state index in [2.05, 4.69) is 25.9 Å². The van der Waals surface area contributed by atoms with E-state index in [9.17, 15) is 19.2 Å². The number of rotatable bonds is 11. The second kappa shape index (κ2) is 13.3. The Morgan fingerprint density at radius 3 is 2.41 bits per heavy atom. The van der Waals surface area contributed by atoms with Crippen LogP contribution in [0.3, 0.4) is 0 Å². The Kier molecular flexibility index (Phi) is 10.2. The van der Waals surface area contributed by atoms with Crippen LogP contribution in [0, 0.1) is 5.92 Å². The maximum atomic E-state index is 13.5. The van der Waals surface area contributed by atoms with E-state index in [4.69, 9.17) is 9.31 Å². The highest BCUT2D eigenvalue weighted by Crippen LogP contribution is 2.20. The third-order valence-corrected chi connectivity index (χ3v) is 5.76. The number of nitrogens with one attached hydrogen (secondary N) is 3. The van der Waals surface area contributed by atoms with Gasteiger partial charge in [-0.2, -0.15) is 0 Å². The Balaban J connectivity index is 1.74. The van der Waals surface area contributed by atoms with Gasteiger partial charge in [0, 0.05) is 24.4 Å². The molecule has 0 unspecified atom stereocenters. The minimum atomic E-state index is -1.08. The maximum Gasteiger partial charge on any atom is 0.552 e. The minimum absolute atomic E-state index is 0.0755. The summed E-state index contributed by atoms with van der Waals surface area (Å²) in [4.78, 5) is 59.2. The van der Waals surface area contributed by atoms with E-state index < -0.39 is 48.5 Å². The van der Waals surface area contributed by atoms with Gasteiger partial charge in [-0.25, -0.2) is 4.98 Å². The first-order valence-electron chi connectivity index (χ1n) is 13.0. The summed E-state index contributed by atoms with van der Waals surface area (Å²) in [5.41, 5.74) is 0.453. The van der Waals surface area contributed by atoms with Gasteiger partial charge in [0.05, 0.1) is 18.6 Å². The van der Waals surface area contributed by atoms with Gasteiger partial charge in [0.2, 0.25) is 11.8 Å². The van der Waals surface area contributed by atoms with Gasteiger partial charge in [0.1, 0.15) is 17.8 Å². The van der Waals surface area contributed by atoms with Crippen molar-refractivity contribution in [2.24, 2.45) is 5.92 Å². The van der Waals surface area contributed by atoms with Gasteiger partial charge in [0.25, 0.3) is 5.91 Å². The number of carbonyl (C=O) groups excluding carboxylic acids is 4. The molecule has 0 aliphatic carbocycles. The van der Waals surface area contributed by atoms with E-state index in [-0.39, 0.29) is 30.4 Å². The summed E-state index contributed by atoms with van der Waals surface area (Å²) >= 11 is 0. The van der Waals surface area contributed by atoms with Crippen LogP contribution in [0.2, 0.25) is 0 Å². The summed E-state index contributed by atoms with van der Waals surface area (Å²) in [6, 6.07) is 8.31. The second-order valence-electron chi connectivity index (χ2n) is 11.0. The number of aromatic nitrogens is 2. The first-order valence-corrected chi connectivity index (χ1v) is 13.0. The number of nitrogens with zero attached hydrogens (tertiary/aromatic N) is 2. The molecule has 1 aromatic carbocycles. The lowest BCUT2D eigenvalue weighted by Gasteiger charge is -2.25. The van der Waals surface area contributed by atoms with Crippen molar-refractivity contribution in [1.29, 1.82) is 0 Å². The zero-order valence-electron chi connectivity index (χ0n) is 23.0. The van der Waals surface area contributed by atoms with E-state index in [1.54, 1.807) is 0 Å². The third-order valence-electron chi connectivity index (χ3n) is 5.76. The summed E-state index contributed by atoms with van der Waals surface area (Å²) < 4.78 is 11.3. The summed E-state index contributed by atoms with van der Waals surface area (Å²) in [6.45, 7) is 9.43. The van der Waals surface area contributed by atoms with Crippen molar-refractivity contribution in [3.05, 3.63) is 60.2 Å². The molecule has 0 radical (unpaired) electrons. The predicted molar refractivity (Wildman–Crippen MR) is 144 cm³/mol. The van der Waals surface area contributed by atoms with Gasteiger partial charge in [-0.15, -0.1) is 0 Å². The average molecular weight is 537 g/mol. The zero-order chi connectivity index (χ0) is 28.6. The molecule has 39 heavy (non-hydrogen) atoms. The molecule has 3 rings (SSSR count). The smallest absolute Gasteiger partial charge is 0.506 e. The number of carbonyl (C=O) groups is 4. The second-order valence-corrected chi connectivity index (χ2v) is 11.0. The molecule has 12 heteroatoms. The Morgan fingerprint density at radius 1 is 1.08 bits per heavy atom. The number of amides is 3. The molecule has 3 N–H and O–H groups in total. The predicted octanol–water partition coefficient (Wildman–Crippen LogP) is 1.62. The molecule has 208 valence electrons. The molecule has 0 saturated carbocycles. The topological polar surface area (TPSA) is 149 Å². The van der Waals surface area contributed by atoms with Crippen LogP contribution in [-0.4, -0.2) is 64.4 Å². The molecule has 11 nitrogen and oxygen atoms in total. The van der Waals surface area contributed by atoms with E-state index in [1.807, 2.05) is 65.0 Å². The fourth-order valence-corrected chi connectivity index (χ4v) is 4.12. The first kappa shape index (κ1) is 29.8. The highest BCUT2D eigenvalue weighted by molar-refractivity contribution is 6.51. The van der Waals surface area contributed by atoms with Crippen molar-refractivity contribution >= 4 is 30.8 Å². The van der Waals surface area contributed by atoms with E-state index >= 15 is 0 Å².